The Kier molecular flexibility index (Phi) is 18.1. The van der Waals surface area contributed by atoms with Gasteiger partial charge >= 0.3 is 5.97 Å². The second-order valence-electron chi connectivity index (χ2n) is 20.4. The van der Waals surface area contributed by atoms with Crippen molar-refractivity contribution in [3.05, 3.63) is 23.8 Å². The molecule has 4 fully saturated rings. The molecule has 3 N–H and O–H groups in total. The van der Waals surface area contributed by atoms with Gasteiger partial charge in [-0.1, -0.05) is 143 Å². The lowest BCUT2D eigenvalue weighted by atomic mass is 9.47. The van der Waals surface area contributed by atoms with E-state index in [0.717, 1.165) is 62.7 Å². The molecule has 4 aliphatic carbocycles. The van der Waals surface area contributed by atoms with E-state index < -0.39 is 30.7 Å². The third-order valence-electron chi connectivity index (χ3n) is 16.4. The third-order valence-corrected chi connectivity index (χ3v) is 16.4. The minimum absolute atomic E-state index is 0.146. The van der Waals surface area contributed by atoms with E-state index in [1.54, 1.807) is 0 Å². The van der Waals surface area contributed by atoms with Gasteiger partial charge < -0.3 is 29.5 Å². The molecule has 5 aliphatic rings. The number of unbranched alkanes of at least 4 members (excludes halogenated alkanes) is 11. The molecule has 0 aromatic carbocycles. The van der Waals surface area contributed by atoms with Gasteiger partial charge in [0.25, 0.3) is 0 Å². The van der Waals surface area contributed by atoms with Gasteiger partial charge in [-0.05, 0) is 116 Å². The lowest BCUT2D eigenvalue weighted by Crippen LogP contribution is -2.60. The molecule has 14 atom stereocenters. The van der Waals surface area contributed by atoms with E-state index in [0.29, 0.717) is 35.5 Å². The zero-order valence-corrected chi connectivity index (χ0v) is 37.5. The predicted molar refractivity (Wildman–Crippen MR) is 230 cm³/mol. The van der Waals surface area contributed by atoms with Crippen LogP contribution in [0.2, 0.25) is 0 Å². The normalized spacial score (nSPS) is 37.7. The van der Waals surface area contributed by atoms with Crippen LogP contribution in [0.3, 0.4) is 0 Å². The number of allylic oxidation sites excluding steroid dienone is 3. The summed E-state index contributed by atoms with van der Waals surface area (Å²) in [5, 5.41) is 32.5. The van der Waals surface area contributed by atoms with Gasteiger partial charge in [-0.3, -0.25) is 4.79 Å². The summed E-state index contributed by atoms with van der Waals surface area (Å²) in [7, 11) is 0. The summed E-state index contributed by atoms with van der Waals surface area (Å²) < 4.78 is 18.0. The quantitative estimate of drug-likeness (QED) is 0.0569. The molecule has 14 unspecified atom stereocenters. The molecule has 57 heavy (non-hydrogen) atoms. The molecule has 0 aromatic rings. The van der Waals surface area contributed by atoms with Crippen LogP contribution in [0, 0.1) is 52.3 Å². The van der Waals surface area contributed by atoms with Gasteiger partial charge in [-0.25, -0.2) is 0 Å². The Morgan fingerprint density at radius 1 is 0.825 bits per heavy atom. The molecule has 1 aliphatic heterocycles. The number of fused-ring (bicyclic) bond motifs is 5. The van der Waals surface area contributed by atoms with Gasteiger partial charge in [-0.2, -0.15) is 0 Å². The van der Waals surface area contributed by atoms with Gasteiger partial charge in [-0.15, -0.1) is 0 Å². The number of carbonyl (C=O) groups is 1. The Balaban J connectivity index is 1.06. The van der Waals surface area contributed by atoms with Crippen LogP contribution in [-0.4, -0.2) is 64.7 Å². The van der Waals surface area contributed by atoms with Crippen LogP contribution in [0.4, 0.5) is 0 Å². The Hall–Kier alpha value is -1.25. The number of aliphatic hydroxyl groups is 3. The van der Waals surface area contributed by atoms with Crippen LogP contribution in [0.5, 0.6) is 0 Å². The van der Waals surface area contributed by atoms with Crippen LogP contribution in [0.25, 0.3) is 0 Å². The number of carbonyl (C=O) groups excluding carboxylic acids is 1. The van der Waals surface area contributed by atoms with Crippen molar-refractivity contribution in [3.8, 4) is 0 Å². The van der Waals surface area contributed by atoms with Crippen molar-refractivity contribution in [1.29, 1.82) is 0 Å². The summed E-state index contributed by atoms with van der Waals surface area (Å²) >= 11 is 0. The third kappa shape index (κ3) is 11.6. The first-order valence-corrected chi connectivity index (χ1v) is 24.2. The smallest absolute Gasteiger partial charge is 0.305 e. The van der Waals surface area contributed by atoms with Gasteiger partial charge in [0, 0.05) is 6.42 Å². The second kappa shape index (κ2) is 22.0. The molecule has 1 saturated heterocycles. The standard InChI is InChI=1S/C50H86O7/c1-8-10-11-12-13-14-15-16-17-18-19-20-21-44(51)55-33-43-45(52)46(53)47(54)48(57-43)56-38-28-30-49(6)37(32-38)24-25-39-41-27-26-40(50(41,7)31-29-42(39)49)35(5)22-23-36(9-2)34(3)4/h22-24,34-36,38-43,45-48,52-54H,8-21,25-33H2,1-7H3/b23-22+. The average molecular weight is 799 g/mol. The zero-order valence-electron chi connectivity index (χ0n) is 37.5. The van der Waals surface area contributed by atoms with Crippen molar-refractivity contribution in [1.82, 2.24) is 0 Å². The minimum Gasteiger partial charge on any atom is -0.463 e. The van der Waals surface area contributed by atoms with Crippen molar-refractivity contribution < 1.29 is 34.3 Å². The number of hydrogen-bond acceptors (Lipinski definition) is 7. The van der Waals surface area contributed by atoms with E-state index in [-0.39, 0.29) is 24.1 Å². The highest BCUT2D eigenvalue weighted by molar-refractivity contribution is 5.69. The maximum Gasteiger partial charge on any atom is 0.305 e. The molecule has 7 heteroatoms. The molecule has 1 heterocycles. The number of aliphatic hydroxyl groups excluding tert-OH is 3. The van der Waals surface area contributed by atoms with Crippen LogP contribution >= 0.6 is 0 Å². The summed E-state index contributed by atoms with van der Waals surface area (Å²) in [5.41, 5.74) is 2.05. The van der Waals surface area contributed by atoms with E-state index in [1.165, 1.54) is 95.5 Å². The zero-order chi connectivity index (χ0) is 41.2. The topological polar surface area (TPSA) is 105 Å². The predicted octanol–water partition coefficient (Wildman–Crippen LogP) is 11.3. The number of ether oxygens (including phenoxy) is 3. The summed E-state index contributed by atoms with van der Waals surface area (Å²) in [6, 6.07) is 0. The van der Waals surface area contributed by atoms with E-state index in [2.05, 4.69) is 66.7 Å². The molecule has 0 bridgehead atoms. The van der Waals surface area contributed by atoms with Crippen LogP contribution in [0.1, 0.15) is 190 Å². The van der Waals surface area contributed by atoms with E-state index >= 15 is 0 Å². The number of hydrogen-bond donors (Lipinski definition) is 3. The van der Waals surface area contributed by atoms with Crippen molar-refractivity contribution in [2.45, 2.75) is 227 Å². The first-order chi connectivity index (χ1) is 27.3. The second-order valence-corrected chi connectivity index (χ2v) is 20.4. The minimum atomic E-state index is -1.44. The lowest BCUT2D eigenvalue weighted by molar-refractivity contribution is -0.313. The average Bonchev–Trinajstić information content (AvgIpc) is 3.55. The maximum absolute atomic E-state index is 12.6. The molecule has 5 rings (SSSR count). The van der Waals surface area contributed by atoms with Crippen LogP contribution in [-0.2, 0) is 19.0 Å². The SMILES string of the molecule is CCCCCCCCCCCCCCC(=O)OCC1OC(OC2CCC3(C)C(=CCC4C3CCC3(C)C(C(C)/C=C/C(CC)C(C)C)CCC43)C2)C(O)C(O)C1O. The Morgan fingerprint density at radius 3 is 2.14 bits per heavy atom. The Labute approximate surface area is 348 Å². The fourth-order valence-electron chi connectivity index (χ4n) is 12.6. The summed E-state index contributed by atoms with van der Waals surface area (Å²) in [6.45, 7) is 16.7. The number of esters is 1. The molecule has 7 nitrogen and oxygen atoms in total. The molecule has 0 amide bonds. The molecular weight excluding hydrogens is 713 g/mol. The lowest BCUT2D eigenvalue weighted by Gasteiger charge is -2.58. The first-order valence-electron chi connectivity index (χ1n) is 24.2. The van der Waals surface area contributed by atoms with Crippen LogP contribution in [0.15, 0.2) is 23.8 Å². The van der Waals surface area contributed by atoms with E-state index in [9.17, 15) is 20.1 Å². The highest BCUT2D eigenvalue weighted by atomic mass is 16.7. The first kappa shape index (κ1) is 46.8. The van der Waals surface area contributed by atoms with Crippen molar-refractivity contribution in [2.75, 3.05) is 6.61 Å². The summed E-state index contributed by atoms with van der Waals surface area (Å²) in [5.74, 6) is 4.62. The maximum atomic E-state index is 12.6. The van der Waals surface area contributed by atoms with Gasteiger partial charge in [0.05, 0.1) is 6.10 Å². The Bertz CT molecular complexity index is 1280. The largest absolute Gasteiger partial charge is 0.463 e. The molecule has 0 aromatic heterocycles. The van der Waals surface area contributed by atoms with Crippen molar-refractivity contribution >= 4 is 5.97 Å². The monoisotopic (exact) mass is 799 g/mol. The molecule has 0 spiro atoms. The highest BCUT2D eigenvalue weighted by Gasteiger charge is 2.59. The number of rotatable bonds is 22. The van der Waals surface area contributed by atoms with Crippen LogP contribution < -0.4 is 0 Å². The van der Waals surface area contributed by atoms with Gasteiger partial charge in [0.2, 0.25) is 0 Å². The Morgan fingerprint density at radius 2 is 1.49 bits per heavy atom. The van der Waals surface area contributed by atoms with Gasteiger partial charge in [0.1, 0.15) is 31.0 Å². The molecular formula is C50H86O7. The molecule has 328 valence electrons. The van der Waals surface area contributed by atoms with Gasteiger partial charge in [0.15, 0.2) is 6.29 Å². The summed E-state index contributed by atoms with van der Waals surface area (Å²) in [4.78, 5) is 12.6. The summed E-state index contributed by atoms with van der Waals surface area (Å²) in [6.07, 6.45) is 26.7. The highest BCUT2D eigenvalue weighted by Crippen LogP contribution is 2.67. The molecule has 0 radical (unpaired) electrons. The fourth-order valence-corrected chi connectivity index (χ4v) is 12.6. The fraction of sp³-hybridized carbons (Fsp3) is 0.900. The van der Waals surface area contributed by atoms with E-state index in [1.807, 2.05) is 0 Å². The van der Waals surface area contributed by atoms with Crippen molar-refractivity contribution in [3.63, 3.8) is 0 Å². The molecule has 3 saturated carbocycles. The van der Waals surface area contributed by atoms with E-state index in [4.69, 9.17) is 14.2 Å². The van der Waals surface area contributed by atoms with Crippen molar-refractivity contribution in [2.24, 2.45) is 52.3 Å².